The number of nitrogens with zero attached hydrogens (tertiary/aromatic N) is 1. The topological polar surface area (TPSA) is 78.9 Å². The van der Waals surface area contributed by atoms with Crippen molar-refractivity contribution in [2.24, 2.45) is 0 Å². The Morgan fingerprint density at radius 1 is 1.12 bits per heavy atom. The van der Waals surface area contributed by atoms with E-state index in [-0.39, 0.29) is 23.6 Å². The van der Waals surface area contributed by atoms with E-state index in [1.54, 1.807) is 35.2 Å². The SMILES string of the molecule is COc1ccccc1C(=O)NC1CCN(C(=O)c2cccc(O)c2)CC1. The summed E-state index contributed by atoms with van der Waals surface area (Å²) in [5, 5.41) is 12.5. The molecule has 2 amide bonds. The standard InChI is InChI=1S/C20H22N2O4/c1-26-18-8-3-2-7-17(18)19(24)21-15-9-11-22(12-10-15)20(25)14-5-4-6-16(23)13-14/h2-8,13,15,23H,9-12H2,1H3,(H,21,24). The normalized spacial score (nSPS) is 14.7. The maximum Gasteiger partial charge on any atom is 0.255 e. The molecule has 0 aromatic heterocycles. The van der Waals surface area contributed by atoms with Crippen LogP contribution in [0.5, 0.6) is 11.5 Å². The zero-order valence-corrected chi connectivity index (χ0v) is 14.6. The molecule has 0 radical (unpaired) electrons. The molecular formula is C20H22N2O4. The molecule has 2 N–H and O–H groups in total. The van der Waals surface area contributed by atoms with Crippen LogP contribution in [-0.2, 0) is 0 Å². The number of hydrogen-bond donors (Lipinski definition) is 2. The van der Waals surface area contributed by atoms with Gasteiger partial charge < -0.3 is 20.1 Å². The average Bonchev–Trinajstić information content (AvgIpc) is 2.68. The molecule has 0 aliphatic carbocycles. The molecule has 1 aliphatic heterocycles. The van der Waals surface area contributed by atoms with E-state index in [4.69, 9.17) is 4.74 Å². The zero-order chi connectivity index (χ0) is 18.5. The second-order valence-electron chi connectivity index (χ2n) is 6.29. The summed E-state index contributed by atoms with van der Waals surface area (Å²) in [5.41, 5.74) is 0.981. The van der Waals surface area contributed by atoms with Crippen molar-refractivity contribution in [3.63, 3.8) is 0 Å². The molecule has 0 spiro atoms. The lowest BCUT2D eigenvalue weighted by Crippen LogP contribution is -2.46. The van der Waals surface area contributed by atoms with Gasteiger partial charge in [0.05, 0.1) is 12.7 Å². The molecule has 26 heavy (non-hydrogen) atoms. The van der Waals surface area contributed by atoms with E-state index in [0.29, 0.717) is 42.8 Å². The van der Waals surface area contributed by atoms with Crippen molar-refractivity contribution >= 4 is 11.8 Å². The van der Waals surface area contributed by atoms with Gasteiger partial charge in [0.15, 0.2) is 0 Å². The van der Waals surface area contributed by atoms with Crippen LogP contribution in [0.1, 0.15) is 33.6 Å². The quantitative estimate of drug-likeness (QED) is 0.884. The van der Waals surface area contributed by atoms with Crippen molar-refractivity contribution < 1.29 is 19.4 Å². The third-order valence-electron chi connectivity index (χ3n) is 4.56. The molecular weight excluding hydrogens is 332 g/mol. The maximum absolute atomic E-state index is 12.5. The summed E-state index contributed by atoms with van der Waals surface area (Å²) in [6.45, 7) is 1.12. The molecule has 0 saturated carbocycles. The van der Waals surface area contributed by atoms with Gasteiger partial charge in [0.2, 0.25) is 0 Å². The van der Waals surface area contributed by atoms with Gasteiger partial charge in [-0.1, -0.05) is 18.2 Å². The summed E-state index contributed by atoms with van der Waals surface area (Å²) in [6, 6.07) is 13.5. The van der Waals surface area contributed by atoms with Crippen LogP contribution in [0.2, 0.25) is 0 Å². The number of phenols is 1. The summed E-state index contributed by atoms with van der Waals surface area (Å²) in [5.74, 6) is 0.354. The molecule has 1 aliphatic rings. The number of phenolic OH excluding ortho intramolecular Hbond substituents is 1. The number of aromatic hydroxyl groups is 1. The number of ether oxygens (including phenoxy) is 1. The van der Waals surface area contributed by atoms with Crippen LogP contribution in [0.4, 0.5) is 0 Å². The van der Waals surface area contributed by atoms with Crippen molar-refractivity contribution in [2.75, 3.05) is 20.2 Å². The third-order valence-corrected chi connectivity index (χ3v) is 4.56. The number of carbonyl (C=O) groups is 2. The van der Waals surface area contributed by atoms with E-state index in [9.17, 15) is 14.7 Å². The molecule has 0 unspecified atom stereocenters. The summed E-state index contributed by atoms with van der Waals surface area (Å²) in [7, 11) is 1.54. The molecule has 3 rings (SSSR count). The number of para-hydroxylation sites is 1. The largest absolute Gasteiger partial charge is 0.508 e. The zero-order valence-electron chi connectivity index (χ0n) is 14.6. The van der Waals surface area contributed by atoms with Crippen molar-refractivity contribution in [2.45, 2.75) is 18.9 Å². The van der Waals surface area contributed by atoms with Crippen LogP contribution in [0.15, 0.2) is 48.5 Å². The van der Waals surface area contributed by atoms with E-state index >= 15 is 0 Å². The molecule has 2 aromatic rings. The number of carbonyl (C=O) groups excluding carboxylic acids is 2. The highest BCUT2D eigenvalue weighted by molar-refractivity contribution is 5.97. The fourth-order valence-corrected chi connectivity index (χ4v) is 3.14. The van der Waals surface area contributed by atoms with E-state index in [1.807, 2.05) is 6.07 Å². The first-order chi connectivity index (χ1) is 12.6. The second-order valence-corrected chi connectivity index (χ2v) is 6.29. The molecule has 6 heteroatoms. The van der Waals surface area contributed by atoms with Crippen molar-refractivity contribution in [1.29, 1.82) is 0 Å². The molecule has 1 heterocycles. The maximum atomic E-state index is 12.5. The van der Waals surface area contributed by atoms with Gasteiger partial charge in [-0.05, 0) is 43.2 Å². The van der Waals surface area contributed by atoms with E-state index in [1.165, 1.54) is 19.2 Å². The molecule has 2 aromatic carbocycles. The van der Waals surface area contributed by atoms with Gasteiger partial charge in [0.1, 0.15) is 11.5 Å². The monoisotopic (exact) mass is 354 g/mol. The van der Waals surface area contributed by atoms with Crippen LogP contribution in [0.3, 0.4) is 0 Å². The van der Waals surface area contributed by atoms with Crippen molar-refractivity contribution in [3.05, 3.63) is 59.7 Å². The van der Waals surface area contributed by atoms with Gasteiger partial charge in [-0.15, -0.1) is 0 Å². The fourth-order valence-electron chi connectivity index (χ4n) is 3.14. The lowest BCUT2D eigenvalue weighted by Gasteiger charge is -2.32. The highest BCUT2D eigenvalue weighted by Crippen LogP contribution is 2.20. The third kappa shape index (κ3) is 3.96. The van der Waals surface area contributed by atoms with Crippen LogP contribution in [0.25, 0.3) is 0 Å². The van der Waals surface area contributed by atoms with Gasteiger partial charge in [-0.2, -0.15) is 0 Å². The number of piperidine rings is 1. The highest BCUT2D eigenvalue weighted by Gasteiger charge is 2.25. The predicted octanol–water partition coefficient (Wildman–Crippen LogP) is 2.44. The first-order valence-corrected chi connectivity index (χ1v) is 8.60. The smallest absolute Gasteiger partial charge is 0.255 e. The van der Waals surface area contributed by atoms with Crippen molar-refractivity contribution in [1.82, 2.24) is 10.2 Å². The van der Waals surface area contributed by atoms with Gasteiger partial charge >= 0.3 is 0 Å². The van der Waals surface area contributed by atoms with Crippen LogP contribution >= 0.6 is 0 Å². The van der Waals surface area contributed by atoms with Gasteiger partial charge in [0.25, 0.3) is 11.8 Å². The molecule has 1 fully saturated rings. The lowest BCUT2D eigenvalue weighted by atomic mass is 10.0. The Kier molecular flexibility index (Phi) is 5.41. The highest BCUT2D eigenvalue weighted by atomic mass is 16.5. The second kappa shape index (κ2) is 7.91. The predicted molar refractivity (Wildman–Crippen MR) is 97.5 cm³/mol. The molecule has 6 nitrogen and oxygen atoms in total. The van der Waals surface area contributed by atoms with Crippen LogP contribution in [-0.4, -0.2) is 48.1 Å². The number of rotatable bonds is 4. The van der Waals surface area contributed by atoms with Crippen LogP contribution in [0, 0.1) is 0 Å². The van der Waals surface area contributed by atoms with Gasteiger partial charge in [-0.25, -0.2) is 0 Å². The molecule has 0 atom stereocenters. The van der Waals surface area contributed by atoms with E-state index in [0.717, 1.165) is 0 Å². The number of benzene rings is 2. The number of nitrogens with one attached hydrogen (secondary N) is 1. The summed E-state index contributed by atoms with van der Waals surface area (Å²) in [4.78, 5) is 26.7. The average molecular weight is 354 g/mol. The molecule has 1 saturated heterocycles. The van der Waals surface area contributed by atoms with Gasteiger partial charge in [0, 0.05) is 24.7 Å². The minimum atomic E-state index is -0.166. The van der Waals surface area contributed by atoms with Gasteiger partial charge in [-0.3, -0.25) is 9.59 Å². The summed E-state index contributed by atoms with van der Waals surface area (Å²) < 4.78 is 5.23. The molecule has 0 bridgehead atoms. The minimum absolute atomic E-state index is 0.0145. The first-order valence-electron chi connectivity index (χ1n) is 8.60. The minimum Gasteiger partial charge on any atom is -0.508 e. The fraction of sp³-hybridized carbons (Fsp3) is 0.300. The first kappa shape index (κ1) is 17.8. The Labute approximate surface area is 152 Å². The summed E-state index contributed by atoms with van der Waals surface area (Å²) >= 11 is 0. The van der Waals surface area contributed by atoms with E-state index < -0.39 is 0 Å². The lowest BCUT2D eigenvalue weighted by molar-refractivity contribution is 0.0697. The van der Waals surface area contributed by atoms with E-state index in [2.05, 4.69) is 5.32 Å². The van der Waals surface area contributed by atoms with Crippen molar-refractivity contribution in [3.8, 4) is 11.5 Å². The Bertz CT molecular complexity index is 798. The Balaban J connectivity index is 1.57. The Morgan fingerprint density at radius 3 is 2.54 bits per heavy atom. The van der Waals surface area contributed by atoms with Crippen LogP contribution < -0.4 is 10.1 Å². The molecule has 136 valence electrons. The number of methoxy groups -OCH3 is 1. The Hall–Kier alpha value is -3.02. The number of hydrogen-bond acceptors (Lipinski definition) is 4. The Morgan fingerprint density at radius 2 is 1.85 bits per heavy atom. The summed E-state index contributed by atoms with van der Waals surface area (Å²) in [6.07, 6.45) is 1.37. The number of amides is 2. The number of likely N-dealkylation sites (tertiary alicyclic amines) is 1.